The van der Waals surface area contributed by atoms with Crippen LogP contribution in [-0.2, 0) is 4.79 Å². The van der Waals surface area contributed by atoms with Crippen molar-refractivity contribution in [3.8, 4) is 17.1 Å². The SMILES string of the molecule is Cc1ccc(C)c(NC(=O)CSc2nnc(-c3cccnc3)n2-c2ccccc2C)c1. The first kappa shape index (κ1) is 20.8. The highest BCUT2D eigenvalue weighted by Crippen LogP contribution is 2.29. The maximum absolute atomic E-state index is 12.6. The molecule has 1 amide bonds. The summed E-state index contributed by atoms with van der Waals surface area (Å²) in [5.41, 5.74) is 5.91. The molecule has 0 aliphatic carbocycles. The van der Waals surface area contributed by atoms with Crippen molar-refractivity contribution in [2.45, 2.75) is 25.9 Å². The van der Waals surface area contributed by atoms with Gasteiger partial charge >= 0.3 is 0 Å². The molecule has 6 nitrogen and oxygen atoms in total. The highest BCUT2D eigenvalue weighted by molar-refractivity contribution is 7.99. The predicted octanol–water partition coefficient (Wildman–Crippen LogP) is 4.99. The first-order valence-corrected chi connectivity index (χ1v) is 10.9. The van der Waals surface area contributed by atoms with Gasteiger partial charge < -0.3 is 5.32 Å². The van der Waals surface area contributed by atoms with Gasteiger partial charge in [-0.3, -0.25) is 14.3 Å². The van der Waals surface area contributed by atoms with Gasteiger partial charge in [0, 0.05) is 23.6 Å². The predicted molar refractivity (Wildman–Crippen MR) is 125 cm³/mol. The average Bonchev–Trinajstić information content (AvgIpc) is 3.19. The van der Waals surface area contributed by atoms with Gasteiger partial charge in [-0.05, 0) is 61.7 Å². The lowest BCUT2D eigenvalue weighted by Gasteiger charge is -2.13. The number of hydrogen-bond acceptors (Lipinski definition) is 5. The molecule has 0 fully saturated rings. The number of hydrogen-bond donors (Lipinski definition) is 1. The van der Waals surface area contributed by atoms with Crippen molar-refractivity contribution >= 4 is 23.4 Å². The van der Waals surface area contributed by atoms with Crippen LogP contribution in [0.5, 0.6) is 0 Å². The number of nitrogens with one attached hydrogen (secondary N) is 1. The standard InChI is InChI=1S/C24H23N5OS/c1-16-10-11-17(2)20(13-16)26-22(30)15-31-24-28-27-23(19-8-6-12-25-14-19)29(24)21-9-5-4-7-18(21)3/h4-14H,15H2,1-3H3,(H,26,30). The molecule has 0 spiro atoms. The number of aryl methyl sites for hydroxylation is 3. The van der Waals surface area contributed by atoms with Gasteiger partial charge in [0.1, 0.15) is 0 Å². The molecule has 0 aliphatic heterocycles. The Morgan fingerprint density at radius 3 is 2.61 bits per heavy atom. The number of pyridine rings is 1. The van der Waals surface area contributed by atoms with Crippen LogP contribution in [0, 0.1) is 20.8 Å². The number of carbonyl (C=O) groups excluding carboxylic acids is 1. The second-order valence-corrected chi connectivity index (χ2v) is 8.27. The Balaban J connectivity index is 1.61. The maximum atomic E-state index is 12.6. The third-order valence-electron chi connectivity index (χ3n) is 4.91. The molecule has 0 saturated heterocycles. The van der Waals surface area contributed by atoms with E-state index in [2.05, 4.69) is 20.5 Å². The molecule has 2 aromatic heterocycles. The lowest BCUT2D eigenvalue weighted by Crippen LogP contribution is -2.15. The third kappa shape index (κ3) is 4.67. The lowest BCUT2D eigenvalue weighted by atomic mass is 10.1. The van der Waals surface area contributed by atoms with E-state index < -0.39 is 0 Å². The first-order chi connectivity index (χ1) is 15.0. The minimum atomic E-state index is -0.0824. The zero-order chi connectivity index (χ0) is 21.8. The van der Waals surface area contributed by atoms with Crippen LogP contribution in [0.4, 0.5) is 5.69 Å². The van der Waals surface area contributed by atoms with Crippen LogP contribution in [0.1, 0.15) is 16.7 Å². The fourth-order valence-electron chi connectivity index (χ4n) is 3.26. The summed E-state index contributed by atoms with van der Waals surface area (Å²) < 4.78 is 1.99. The van der Waals surface area contributed by atoms with Crippen LogP contribution in [0.3, 0.4) is 0 Å². The largest absolute Gasteiger partial charge is 0.325 e. The van der Waals surface area contributed by atoms with Crippen LogP contribution < -0.4 is 5.32 Å². The van der Waals surface area contributed by atoms with E-state index in [4.69, 9.17) is 0 Å². The minimum absolute atomic E-state index is 0.0824. The topological polar surface area (TPSA) is 72.7 Å². The summed E-state index contributed by atoms with van der Waals surface area (Å²) in [6.45, 7) is 6.04. The summed E-state index contributed by atoms with van der Waals surface area (Å²) in [7, 11) is 0. The molecule has 0 bridgehead atoms. The van der Waals surface area contributed by atoms with Crippen LogP contribution in [-0.4, -0.2) is 31.4 Å². The zero-order valence-electron chi connectivity index (χ0n) is 17.7. The van der Waals surface area contributed by atoms with E-state index in [-0.39, 0.29) is 11.7 Å². The quantitative estimate of drug-likeness (QED) is 0.437. The molecule has 31 heavy (non-hydrogen) atoms. The van der Waals surface area contributed by atoms with Crippen LogP contribution in [0.2, 0.25) is 0 Å². The molecule has 4 aromatic rings. The highest BCUT2D eigenvalue weighted by Gasteiger charge is 2.18. The Morgan fingerprint density at radius 1 is 1.00 bits per heavy atom. The van der Waals surface area contributed by atoms with Gasteiger partial charge in [-0.2, -0.15) is 0 Å². The summed E-state index contributed by atoms with van der Waals surface area (Å²) in [6.07, 6.45) is 3.49. The maximum Gasteiger partial charge on any atom is 0.234 e. The van der Waals surface area contributed by atoms with E-state index in [1.807, 2.05) is 79.9 Å². The van der Waals surface area contributed by atoms with E-state index in [1.54, 1.807) is 12.4 Å². The number of amides is 1. The molecule has 1 N–H and O–H groups in total. The summed E-state index contributed by atoms with van der Waals surface area (Å²) >= 11 is 1.36. The average molecular weight is 430 g/mol. The van der Waals surface area contributed by atoms with Gasteiger partial charge in [0.25, 0.3) is 0 Å². The van der Waals surface area contributed by atoms with Gasteiger partial charge in [0.2, 0.25) is 5.91 Å². The molecule has 0 unspecified atom stereocenters. The van der Waals surface area contributed by atoms with Gasteiger partial charge in [-0.15, -0.1) is 10.2 Å². The Bertz CT molecular complexity index is 1220. The second kappa shape index (κ2) is 9.14. The number of rotatable bonds is 6. The van der Waals surface area contributed by atoms with Crippen LogP contribution >= 0.6 is 11.8 Å². The normalized spacial score (nSPS) is 10.8. The van der Waals surface area contributed by atoms with Crippen molar-refractivity contribution in [2.24, 2.45) is 0 Å². The Morgan fingerprint density at radius 2 is 1.84 bits per heavy atom. The van der Waals surface area contributed by atoms with Crippen molar-refractivity contribution < 1.29 is 4.79 Å². The van der Waals surface area contributed by atoms with Crippen LogP contribution in [0.25, 0.3) is 17.1 Å². The molecule has 7 heteroatoms. The number of nitrogens with zero attached hydrogens (tertiary/aromatic N) is 4. The van der Waals surface area contributed by atoms with Crippen molar-refractivity contribution in [3.05, 3.63) is 83.7 Å². The Kier molecular flexibility index (Phi) is 6.13. The summed E-state index contributed by atoms with van der Waals surface area (Å²) in [5, 5.41) is 12.5. The fraction of sp³-hybridized carbons (Fsp3) is 0.167. The van der Waals surface area contributed by atoms with E-state index in [0.29, 0.717) is 11.0 Å². The molecular weight excluding hydrogens is 406 g/mol. The fourth-order valence-corrected chi connectivity index (χ4v) is 4.01. The van der Waals surface area contributed by atoms with Gasteiger partial charge in [-0.1, -0.05) is 42.1 Å². The number of aromatic nitrogens is 4. The summed E-state index contributed by atoms with van der Waals surface area (Å²) in [6, 6.07) is 17.9. The number of anilines is 1. The Labute approximate surface area is 185 Å². The first-order valence-electron chi connectivity index (χ1n) is 9.94. The molecule has 156 valence electrons. The van der Waals surface area contributed by atoms with Crippen LogP contribution in [0.15, 0.2) is 72.1 Å². The molecule has 0 atom stereocenters. The molecule has 4 rings (SSSR count). The van der Waals surface area contributed by atoms with Crippen molar-refractivity contribution in [3.63, 3.8) is 0 Å². The number of carbonyl (C=O) groups is 1. The van der Waals surface area contributed by atoms with E-state index in [0.717, 1.165) is 33.6 Å². The van der Waals surface area contributed by atoms with E-state index in [9.17, 15) is 4.79 Å². The number of benzene rings is 2. The molecule has 2 heterocycles. The van der Waals surface area contributed by atoms with Crippen molar-refractivity contribution in [2.75, 3.05) is 11.1 Å². The number of thioether (sulfide) groups is 1. The lowest BCUT2D eigenvalue weighted by molar-refractivity contribution is -0.113. The summed E-state index contributed by atoms with van der Waals surface area (Å²) in [5.74, 6) is 0.838. The van der Waals surface area contributed by atoms with Crippen molar-refractivity contribution in [1.29, 1.82) is 0 Å². The second-order valence-electron chi connectivity index (χ2n) is 7.33. The molecule has 0 aliphatic rings. The molecule has 0 saturated carbocycles. The van der Waals surface area contributed by atoms with Gasteiger partial charge in [0.05, 0.1) is 11.4 Å². The van der Waals surface area contributed by atoms with Gasteiger partial charge in [0.15, 0.2) is 11.0 Å². The Hall–Kier alpha value is -3.45. The smallest absolute Gasteiger partial charge is 0.234 e. The van der Waals surface area contributed by atoms with Gasteiger partial charge in [-0.25, -0.2) is 0 Å². The number of para-hydroxylation sites is 1. The molecular formula is C24H23N5OS. The van der Waals surface area contributed by atoms with Crippen molar-refractivity contribution in [1.82, 2.24) is 19.7 Å². The third-order valence-corrected chi connectivity index (χ3v) is 5.84. The monoisotopic (exact) mass is 429 g/mol. The highest BCUT2D eigenvalue weighted by atomic mass is 32.2. The van der Waals surface area contributed by atoms with E-state index in [1.165, 1.54) is 11.8 Å². The van der Waals surface area contributed by atoms with E-state index >= 15 is 0 Å². The minimum Gasteiger partial charge on any atom is -0.325 e. The molecule has 0 radical (unpaired) electrons. The molecule has 2 aromatic carbocycles. The zero-order valence-corrected chi connectivity index (χ0v) is 18.5. The summed E-state index contributed by atoms with van der Waals surface area (Å²) in [4.78, 5) is 16.9.